The molecule has 18 heavy (non-hydrogen) atoms. The molecule has 0 aromatic heterocycles. The van der Waals surface area contributed by atoms with E-state index in [9.17, 15) is 0 Å². The largest absolute Gasteiger partial charge is 0.367 e. The average Bonchev–Trinajstić information content (AvgIpc) is 2.39. The van der Waals surface area contributed by atoms with Crippen LogP contribution in [0.4, 0.5) is 5.69 Å². The van der Waals surface area contributed by atoms with Gasteiger partial charge in [-0.05, 0) is 24.8 Å². The summed E-state index contributed by atoms with van der Waals surface area (Å²) in [6.45, 7) is 6.28. The van der Waals surface area contributed by atoms with Gasteiger partial charge < -0.3 is 10.6 Å². The van der Waals surface area contributed by atoms with Crippen molar-refractivity contribution in [1.82, 2.24) is 0 Å². The molecule has 0 spiro atoms. The highest BCUT2D eigenvalue weighted by molar-refractivity contribution is 7.99. The zero-order valence-corrected chi connectivity index (χ0v) is 12.8. The lowest BCUT2D eigenvalue weighted by Crippen LogP contribution is -2.41. The van der Waals surface area contributed by atoms with E-state index in [4.69, 9.17) is 5.73 Å². The normalized spacial score (nSPS) is 20.2. The van der Waals surface area contributed by atoms with Crippen LogP contribution in [0.1, 0.15) is 19.4 Å². The number of nitrogens with zero attached hydrogens (tertiary/aromatic N) is 1. The summed E-state index contributed by atoms with van der Waals surface area (Å²) in [4.78, 5) is 3.88. The van der Waals surface area contributed by atoms with Gasteiger partial charge in [0.05, 0.1) is 0 Å². The van der Waals surface area contributed by atoms with Crippen molar-refractivity contribution in [2.75, 3.05) is 28.7 Å². The first kappa shape index (κ1) is 14.1. The van der Waals surface area contributed by atoms with Gasteiger partial charge in [-0.25, -0.2) is 0 Å². The summed E-state index contributed by atoms with van der Waals surface area (Å²) < 4.78 is 0. The molecular weight excluding hydrogens is 260 g/mol. The Bertz CT molecular complexity index is 395. The highest BCUT2D eigenvalue weighted by Gasteiger charge is 2.21. The predicted octanol–water partition coefficient (Wildman–Crippen LogP) is 3.20. The molecule has 2 nitrogen and oxygen atoms in total. The molecule has 100 valence electrons. The van der Waals surface area contributed by atoms with Gasteiger partial charge in [-0.15, -0.1) is 11.8 Å². The third-order valence-electron chi connectivity index (χ3n) is 3.29. The van der Waals surface area contributed by atoms with Crippen LogP contribution in [-0.2, 0) is 6.54 Å². The summed E-state index contributed by atoms with van der Waals surface area (Å²) in [5.41, 5.74) is 8.66. The van der Waals surface area contributed by atoms with Crippen molar-refractivity contribution >= 4 is 29.2 Å². The molecule has 0 aliphatic carbocycles. The number of rotatable bonds is 4. The first-order chi connectivity index (χ1) is 8.77. The van der Waals surface area contributed by atoms with Crippen molar-refractivity contribution in [1.29, 1.82) is 0 Å². The molecule has 1 atom stereocenters. The maximum absolute atomic E-state index is 5.99. The number of nitrogens with two attached hydrogens (primary N) is 1. The highest BCUT2D eigenvalue weighted by Crippen LogP contribution is 2.33. The molecule has 2 rings (SSSR count). The van der Waals surface area contributed by atoms with Gasteiger partial charge in [-0.1, -0.05) is 13.0 Å². The molecule has 2 N–H and O–H groups in total. The lowest BCUT2D eigenvalue weighted by atomic mass is 10.1. The second-order valence-corrected chi connectivity index (χ2v) is 6.96. The van der Waals surface area contributed by atoms with Gasteiger partial charge in [-0.2, -0.15) is 11.8 Å². The lowest BCUT2D eigenvalue weighted by molar-refractivity contribution is 0.694. The molecule has 1 aromatic rings. The smallest absolute Gasteiger partial charge is 0.0426 e. The first-order valence-electron chi connectivity index (χ1n) is 6.57. The van der Waals surface area contributed by atoms with Crippen molar-refractivity contribution in [2.45, 2.75) is 31.3 Å². The Hall–Kier alpha value is -0.320. The molecule has 1 aliphatic rings. The van der Waals surface area contributed by atoms with Crippen molar-refractivity contribution in [2.24, 2.45) is 5.73 Å². The highest BCUT2D eigenvalue weighted by atomic mass is 32.2. The van der Waals surface area contributed by atoms with Gasteiger partial charge in [0.1, 0.15) is 0 Å². The minimum atomic E-state index is 0.607. The van der Waals surface area contributed by atoms with Crippen LogP contribution in [-0.4, -0.2) is 29.8 Å². The summed E-state index contributed by atoms with van der Waals surface area (Å²) in [5, 5.41) is 0. The molecule has 1 saturated heterocycles. The molecule has 1 aliphatic heterocycles. The molecule has 1 fully saturated rings. The Morgan fingerprint density at radius 3 is 3.00 bits per heavy atom. The Balaban J connectivity index is 2.33. The maximum atomic E-state index is 5.99. The van der Waals surface area contributed by atoms with Crippen molar-refractivity contribution in [3.63, 3.8) is 0 Å². The maximum Gasteiger partial charge on any atom is 0.0426 e. The van der Waals surface area contributed by atoms with E-state index in [0.717, 1.165) is 12.3 Å². The van der Waals surface area contributed by atoms with E-state index < -0.39 is 0 Å². The van der Waals surface area contributed by atoms with E-state index in [0.29, 0.717) is 12.6 Å². The third kappa shape index (κ3) is 2.98. The monoisotopic (exact) mass is 282 g/mol. The SMILES string of the molecule is CCSc1cccc(N2CCSCC2C)c1CN. The first-order valence-corrected chi connectivity index (χ1v) is 8.71. The summed E-state index contributed by atoms with van der Waals surface area (Å²) in [7, 11) is 0. The minimum absolute atomic E-state index is 0.607. The number of anilines is 1. The van der Waals surface area contributed by atoms with Gasteiger partial charge in [0.15, 0.2) is 0 Å². The second kappa shape index (κ2) is 6.73. The van der Waals surface area contributed by atoms with Crippen LogP contribution >= 0.6 is 23.5 Å². The Morgan fingerprint density at radius 2 is 2.33 bits per heavy atom. The van der Waals surface area contributed by atoms with Gasteiger partial charge in [0.25, 0.3) is 0 Å². The summed E-state index contributed by atoms with van der Waals surface area (Å²) >= 11 is 3.95. The number of thioether (sulfide) groups is 2. The van der Waals surface area contributed by atoms with Crippen LogP contribution in [0, 0.1) is 0 Å². The third-order valence-corrected chi connectivity index (χ3v) is 5.46. The predicted molar refractivity (Wildman–Crippen MR) is 84.9 cm³/mol. The van der Waals surface area contributed by atoms with E-state index in [1.54, 1.807) is 0 Å². The van der Waals surface area contributed by atoms with Gasteiger partial charge in [0, 0.05) is 46.8 Å². The van der Waals surface area contributed by atoms with E-state index in [2.05, 4.69) is 48.7 Å². The standard InChI is InChI=1S/C14H22N2S2/c1-3-18-14-6-4-5-13(12(14)9-15)16-7-8-17-10-11(16)2/h4-6,11H,3,7-10,15H2,1-2H3. The molecule has 1 aromatic carbocycles. The van der Waals surface area contributed by atoms with Crippen LogP contribution in [0.5, 0.6) is 0 Å². The van der Waals surface area contributed by atoms with E-state index in [-0.39, 0.29) is 0 Å². The van der Waals surface area contributed by atoms with Crippen molar-refractivity contribution in [3.05, 3.63) is 23.8 Å². The van der Waals surface area contributed by atoms with Crippen LogP contribution in [0.3, 0.4) is 0 Å². The number of hydrogen-bond donors (Lipinski definition) is 1. The molecule has 4 heteroatoms. The van der Waals surface area contributed by atoms with E-state index >= 15 is 0 Å². The Labute approximate surface area is 119 Å². The molecule has 1 heterocycles. The molecular formula is C14H22N2S2. The zero-order chi connectivity index (χ0) is 13.0. The van der Waals surface area contributed by atoms with E-state index in [1.807, 2.05) is 11.8 Å². The summed E-state index contributed by atoms with van der Waals surface area (Å²) in [6.07, 6.45) is 0. The molecule has 0 bridgehead atoms. The Morgan fingerprint density at radius 1 is 1.50 bits per heavy atom. The average molecular weight is 282 g/mol. The second-order valence-electron chi connectivity index (χ2n) is 4.51. The molecule has 0 amide bonds. The van der Waals surface area contributed by atoms with Crippen LogP contribution < -0.4 is 10.6 Å². The molecule has 0 saturated carbocycles. The quantitative estimate of drug-likeness (QED) is 0.859. The zero-order valence-electron chi connectivity index (χ0n) is 11.2. The fourth-order valence-electron chi connectivity index (χ4n) is 2.40. The topological polar surface area (TPSA) is 29.3 Å². The van der Waals surface area contributed by atoms with Gasteiger partial charge in [-0.3, -0.25) is 0 Å². The van der Waals surface area contributed by atoms with Gasteiger partial charge >= 0.3 is 0 Å². The van der Waals surface area contributed by atoms with Crippen molar-refractivity contribution in [3.8, 4) is 0 Å². The van der Waals surface area contributed by atoms with Crippen molar-refractivity contribution < 1.29 is 0 Å². The fourth-order valence-corrected chi connectivity index (χ4v) is 4.27. The number of hydrogen-bond acceptors (Lipinski definition) is 4. The van der Waals surface area contributed by atoms with E-state index in [1.165, 1.54) is 27.7 Å². The summed E-state index contributed by atoms with van der Waals surface area (Å²) in [6, 6.07) is 7.20. The Kier molecular flexibility index (Phi) is 5.27. The van der Waals surface area contributed by atoms with Crippen LogP contribution in [0.2, 0.25) is 0 Å². The van der Waals surface area contributed by atoms with Gasteiger partial charge in [0.2, 0.25) is 0 Å². The number of benzene rings is 1. The summed E-state index contributed by atoms with van der Waals surface area (Å²) in [5.74, 6) is 3.54. The minimum Gasteiger partial charge on any atom is -0.367 e. The van der Waals surface area contributed by atoms with Crippen LogP contribution in [0.25, 0.3) is 0 Å². The van der Waals surface area contributed by atoms with Crippen LogP contribution in [0.15, 0.2) is 23.1 Å². The molecule has 1 unspecified atom stereocenters. The fraction of sp³-hybridized carbons (Fsp3) is 0.571. The molecule has 0 radical (unpaired) electrons. The lowest BCUT2D eigenvalue weighted by Gasteiger charge is -2.36.